The van der Waals surface area contributed by atoms with E-state index in [1.54, 1.807) is 18.3 Å². The number of rotatable bonds is 8. The van der Waals surface area contributed by atoms with Crippen molar-refractivity contribution < 1.29 is 9.53 Å². The lowest BCUT2D eigenvalue weighted by atomic mass is 10.2. The van der Waals surface area contributed by atoms with Crippen molar-refractivity contribution in [2.75, 3.05) is 37.4 Å². The highest BCUT2D eigenvalue weighted by molar-refractivity contribution is 5.96. The molecule has 0 bridgehead atoms. The Bertz CT molecular complexity index is 692. The molecule has 0 saturated carbocycles. The normalized spacial score (nSPS) is 10.1. The third kappa shape index (κ3) is 4.80. The van der Waals surface area contributed by atoms with E-state index in [9.17, 15) is 4.79 Å². The molecule has 0 aliphatic rings. The number of aromatic nitrogens is 3. The zero-order valence-corrected chi connectivity index (χ0v) is 14.1. The molecule has 2 rings (SSSR count). The molecule has 8 nitrogen and oxygen atoms in total. The van der Waals surface area contributed by atoms with Gasteiger partial charge in [-0.3, -0.25) is 4.79 Å². The fourth-order valence-corrected chi connectivity index (χ4v) is 2.09. The molecule has 0 atom stereocenters. The van der Waals surface area contributed by atoms with Gasteiger partial charge in [-0.15, -0.1) is 0 Å². The standard InChI is InChI=1S/C16H22N6O2/c1-4-17-13-10-11(2)21-16(22-13)20-9-8-18-14(23)12-6-5-7-19-15(12)24-3/h5-7,10H,4,8-9H2,1-3H3,(H,18,23)(H2,17,20,21,22). The molecular formula is C16H22N6O2. The van der Waals surface area contributed by atoms with Gasteiger partial charge in [-0.2, -0.15) is 4.98 Å². The second kappa shape index (κ2) is 8.66. The van der Waals surface area contributed by atoms with Crippen LogP contribution in [0.1, 0.15) is 23.0 Å². The molecule has 0 aliphatic heterocycles. The van der Waals surface area contributed by atoms with Gasteiger partial charge in [0, 0.05) is 37.6 Å². The minimum Gasteiger partial charge on any atom is -0.480 e. The first kappa shape index (κ1) is 17.5. The predicted molar refractivity (Wildman–Crippen MR) is 92.5 cm³/mol. The highest BCUT2D eigenvalue weighted by Gasteiger charge is 2.11. The predicted octanol–water partition coefficient (Wildman–Crippen LogP) is 1.46. The van der Waals surface area contributed by atoms with Crippen LogP contribution in [0.25, 0.3) is 0 Å². The molecular weight excluding hydrogens is 308 g/mol. The summed E-state index contributed by atoms with van der Waals surface area (Å²) >= 11 is 0. The van der Waals surface area contributed by atoms with Crippen molar-refractivity contribution in [1.29, 1.82) is 0 Å². The minimum atomic E-state index is -0.236. The number of nitrogens with one attached hydrogen (secondary N) is 3. The second-order valence-corrected chi connectivity index (χ2v) is 4.99. The second-order valence-electron chi connectivity index (χ2n) is 4.99. The quantitative estimate of drug-likeness (QED) is 0.630. The Morgan fingerprint density at radius 3 is 2.83 bits per heavy atom. The fourth-order valence-electron chi connectivity index (χ4n) is 2.09. The van der Waals surface area contributed by atoms with Gasteiger partial charge in [0.2, 0.25) is 11.8 Å². The van der Waals surface area contributed by atoms with Crippen molar-refractivity contribution in [2.24, 2.45) is 0 Å². The van der Waals surface area contributed by atoms with E-state index >= 15 is 0 Å². The first-order chi connectivity index (χ1) is 11.6. The molecule has 2 aromatic heterocycles. The lowest BCUT2D eigenvalue weighted by molar-refractivity contribution is 0.0951. The van der Waals surface area contributed by atoms with Crippen LogP contribution in [0.15, 0.2) is 24.4 Å². The van der Waals surface area contributed by atoms with Gasteiger partial charge < -0.3 is 20.7 Å². The largest absolute Gasteiger partial charge is 0.480 e. The van der Waals surface area contributed by atoms with Gasteiger partial charge in [-0.25, -0.2) is 9.97 Å². The third-order valence-electron chi connectivity index (χ3n) is 3.11. The Morgan fingerprint density at radius 2 is 2.08 bits per heavy atom. The number of ether oxygens (including phenoxy) is 1. The number of hydrogen-bond donors (Lipinski definition) is 3. The summed E-state index contributed by atoms with van der Waals surface area (Å²) in [5, 5.41) is 9.05. The molecule has 1 amide bonds. The van der Waals surface area contributed by atoms with E-state index in [4.69, 9.17) is 4.74 Å². The molecule has 0 aliphatic carbocycles. The number of nitrogens with zero attached hydrogens (tertiary/aromatic N) is 3. The van der Waals surface area contributed by atoms with Crippen molar-refractivity contribution in [3.63, 3.8) is 0 Å². The number of hydrogen-bond acceptors (Lipinski definition) is 7. The molecule has 0 radical (unpaired) electrons. The van der Waals surface area contributed by atoms with E-state index in [2.05, 4.69) is 30.9 Å². The third-order valence-corrected chi connectivity index (χ3v) is 3.11. The zero-order chi connectivity index (χ0) is 17.4. The van der Waals surface area contributed by atoms with Gasteiger partial charge >= 0.3 is 0 Å². The van der Waals surface area contributed by atoms with Crippen molar-refractivity contribution in [2.45, 2.75) is 13.8 Å². The average molecular weight is 330 g/mol. The topological polar surface area (TPSA) is 101 Å². The summed E-state index contributed by atoms with van der Waals surface area (Å²) < 4.78 is 5.08. The zero-order valence-electron chi connectivity index (χ0n) is 14.1. The first-order valence-electron chi connectivity index (χ1n) is 7.74. The van der Waals surface area contributed by atoms with Crippen LogP contribution in [0, 0.1) is 6.92 Å². The number of carbonyl (C=O) groups is 1. The molecule has 0 fully saturated rings. The molecule has 3 N–H and O–H groups in total. The smallest absolute Gasteiger partial charge is 0.256 e. The Hall–Kier alpha value is -2.90. The number of anilines is 2. The summed E-state index contributed by atoms with van der Waals surface area (Å²) in [6, 6.07) is 5.24. The average Bonchev–Trinajstić information content (AvgIpc) is 2.58. The van der Waals surface area contributed by atoms with Crippen LogP contribution < -0.4 is 20.7 Å². The van der Waals surface area contributed by atoms with Crippen LogP contribution in [0.4, 0.5) is 11.8 Å². The minimum absolute atomic E-state index is 0.236. The summed E-state index contributed by atoms with van der Waals surface area (Å²) in [4.78, 5) is 24.8. The van der Waals surface area contributed by atoms with E-state index in [1.165, 1.54) is 7.11 Å². The van der Waals surface area contributed by atoms with Crippen LogP contribution in [0.5, 0.6) is 5.88 Å². The lowest BCUT2D eigenvalue weighted by Gasteiger charge is -2.10. The van der Waals surface area contributed by atoms with Crippen LogP contribution in [-0.4, -0.2) is 47.6 Å². The van der Waals surface area contributed by atoms with E-state index in [-0.39, 0.29) is 5.91 Å². The van der Waals surface area contributed by atoms with Gasteiger partial charge in [0.15, 0.2) is 0 Å². The van der Waals surface area contributed by atoms with E-state index in [0.717, 1.165) is 18.1 Å². The molecule has 0 spiro atoms. The maximum absolute atomic E-state index is 12.1. The Balaban J connectivity index is 1.85. The molecule has 128 valence electrons. The molecule has 0 saturated heterocycles. The van der Waals surface area contributed by atoms with Crippen molar-refractivity contribution >= 4 is 17.7 Å². The SMILES string of the molecule is CCNc1cc(C)nc(NCCNC(=O)c2cccnc2OC)n1. The van der Waals surface area contributed by atoms with Crippen LogP contribution in [0.3, 0.4) is 0 Å². The number of aryl methyl sites for hydroxylation is 1. The van der Waals surface area contributed by atoms with Gasteiger partial charge in [0.05, 0.1) is 7.11 Å². The number of carbonyl (C=O) groups excluding carboxylic acids is 1. The lowest BCUT2D eigenvalue weighted by Crippen LogP contribution is -2.29. The Kier molecular flexibility index (Phi) is 6.30. The molecule has 0 unspecified atom stereocenters. The van der Waals surface area contributed by atoms with Gasteiger partial charge in [-0.1, -0.05) is 0 Å². The summed E-state index contributed by atoms with van der Waals surface area (Å²) in [7, 11) is 1.48. The first-order valence-corrected chi connectivity index (χ1v) is 7.74. The highest BCUT2D eigenvalue weighted by atomic mass is 16.5. The summed E-state index contributed by atoms with van der Waals surface area (Å²) in [6.45, 7) is 5.63. The van der Waals surface area contributed by atoms with E-state index in [1.807, 2.05) is 19.9 Å². The molecule has 0 aromatic carbocycles. The van der Waals surface area contributed by atoms with Gasteiger partial charge in [-0.05, 0) is 26.0 Å². The van der Waals surface area contributed by atoms with Crippen LogP contribution in [0.2, 0.25) is 0 Å². The van der Waals surface area contributed by atoms with Crippen LogP contribution in [-0.2, 0) is 0 Å². The maximum Gasteiger partial charge on any atom is 0.256 e. The Morgan fingerprint density at radius 1 is 1.25 bits per heavy atom. The number of pyridine rings is 1. The summed E-state index contributed by atoms with van der Waals surface area (Å²) in [6.07, 6.45) is 1.58. The summed E-state index contributed by atoms with van der Waals surface area (Å²) in [5.41, 5.74) is 1.27. The molecule has 2 heterocycles. The van der Waals surface area contributed by atoms with Gasteiger partial charge in [0.1, 0.15) is 11.4 Å². The van der Waals surface area contributed by atoms with Gasteiger partial charge in [0.25, 0.3) is 5.91 Å². The van der Waals surface area contributed by atoms with Crippen LogP contribution >= 0.6 is 0 Å². The highest BCUT2D eigenvalue weighted by Crippen LogP contribution is 2.13. The number of methoxy groups -OCH3 is 1. The number of amides is 1. The molecule has 24 heavy (non-hydrogen) atoms. The van der Waals surface area contributed by atoms with Crippen molar-refractivity contribution in [3.05, 3.63) is 35.7 Å². The van der Waals surface area contributed by atoms with Crippen molar-refractivity contribution in [3.8, 4) is 5.88 Å². The molecule has 8 heteroatoms. The molecule has 2 aromatic rings. The summed E-state index contributed by atoms with van der Waals surface area (Å²) in [5.74, 6) is 1.37. The van der Waals surface area contributed by atoms with Crippen molar-refractivity contribution in [1.82, 2.24) is 20.3 Å². The monoisotopic (exact) mass is 330 g/mol. The Labute approximate surface area is 141 Å². The van der Waals surface area contributed by atoms with E-state index < -0.39 is 0 Å². The maximum atomic E-state index is 12.1. The van der Waals surface area contributed by atoms with E-state index in [0.29, 0.717) is 30.5 Å². The fraction of sp³-hybridized carbons (Fsp3) is 0.375.